The van der Waals surface area contributed by atoms with Crippen molar-refractivity contribution < 1.29 is 27.9 Å². The van der Waals surface area contributed by atoms with Crippen molar-refractivity contribution in [1.29, 1.82) is 0 Å². The lowest BCUT2D eigenvalue weighted by Crippen LogP contribution is -2.30. The van der Waals surface area contributed by atoms with E-state index in [4.69, 9.17) is 8.83 Å². The van der Waals surface area contributed by atoms with Gasteiger partial charge in [-0.05, 0) is 42.8 Å². The van der Waals surface area contributed by atoms with Crippen molar-refractivity contribution in [3.05, 3.63) is 107 Å². The summed E-state index contributed by atoms with van der Waals surface area (Å²) < 4.78 is 26.0. The largest absolute Gasteiger partial charge is 0.503 e. The van der Waals surface area contributed by atoms with Crippen molar-refractivity contribution in [1.82, 2.24) is 10.2 Å². The number of benzene rings is 2. The number of halogens is 1. The number of aryl methyl sites for hydroxylation is 1. The van der Waals surface area contributed by atoms with Crippen LogP contribution in [0.15, 0.2) is 91.2 Å². The maximum atomic E-state index is 14.0. The van der Waals surface area contributed by atoms with Gasteiger partial charge in [0.25, 0.3) is 5.91 Å². The van der Waals surface area contributed by atoms with E-state index in [-0.39, 0.29) is 28.0 Å². The maximum absolute atomic E-state index is 14.0. The third kappa shape index (κ3) is 4.19. The Bertz CT molecular complexity index is 1700. The lowest BCUT2D eigenvalue weighted by atomic mass is 10.00. The number of aliphatic hydroxyl groups excluding tert-OH is 1. The number of thioether (sulfide) groups is 1. The molecule has 0 saturated heterocycles. The summed E-state index contributed by atoms with van der Waals surface area (Å²) in [5.41, 5.74) is 0.829. The number of hydrogen-bond acceptors (Lipinski definition) is 9. The van der Waals surface area contributed by atoms with Gasteiger partial charge in [-0.2, -0.15) is 0 Å². The van der Waals surface area contributed by atoms with Crippen LogP contribution in [0.25, 0.3) is 11.0 Å². The number of para-hydroxylation sites is 1. The highest BCUT2D eigenvalue weighted by Crippen LogP contribution is 2.44. The third-order valence-electron chi connectivity index (χ3n) is 6.04. The van der Waals surface area contributed by atoms with Crippen LogP contribution in [0.5, 0.6) is 0 Å². The van der Waals surface area contributed by atoms with Crippen molar-refractivity contribution in [3.8, 4) is 0 Å². The average molecular weight is 548 g/mol. The van der Waals surface area contributed by atoms with E-state index >= 15 is 0 Å². The van der Waals surface area contributed by atoms with E-state index in [1.165, 1.54) is 22.7 Å². The van der Waals surface area contributed by atoms with Gasteiger partial charge in [-0.1, -0.05) is 59.5 Å². The summed E-state index contributed by atoms with van der Waals surface area (Å²) >= 11 is 2.35. The Morgan fingerprint density at radius 2 is 1.89 bits per heavy atom. The Morgan fingerprint density at radius 3 is 2.66 bits per heavy atom. The van der Waals surface area contributed by atoms with Crippen LogP contribution in [0.2, 0.25) is 0 Å². The molecule has 5 aromatic rings. The lowest BCUT2D eigenvalue weighted by Gasteiger charge is -2.21. The smallest absolute Gasteiger partial charge is 0.296 e. The predicted octanol–water partition coefficient (Wildman–Crippen LogP) is 6.40. The van der Waals surface area contributed by atoms with Crippen LogP contribution >= 0.6 is 23.1 Å². The van der Waals surface area contributed by atoms with E-state index in [0.29, 0.717) is 32.4 Å². The number of hydrogen-bond donors (Lipinski definition) is 1. The number of Topliss-reactive ketones (excluding diaryl/α,β-unsaturated/α-hetero) is 1. The Morgan fingerprint density at radius 1 is 1.11 bits per heavy atom. The van der Waals surface area contributed by atoms with Crippen LogP contribution in [0, 0.1) is 12.7 Å². The highest BCUT2D eigenvalue weighted by atomic mass is 32.2. The number of anilines is 1. The van der Waals surface area contributed by atoms with Crippen molar-refractivity contribution in [3.63, 3.8) is 0 Å². The molecule has 6 rings (SSSR count). The number of furan rings is 2. The number of amides is 1. The summed E-state index contributed by atoms with van der Waals surface area (Å²) in [6.45, 7) is 1.73. The normalized spacial score (nSPS) is 15.7. The SMILES string of the molecule is Cc1ccc(C2C(C(=O)c3cc4ccccc4o3)=C(O)C(=O)N2c2nnc(SCc3ccccc3F)s2)o1. The number of fused-ring (bicyclic) bond motifs is 1. The van der Waals surface area contributed by atoms with Gasteiger partial charge in [0, 0.05) is 11.1 Å². The van der Waals surface area contributed by atoms with Crippen LogP contribution in [-0.2, 0) is 10.5 Å². The van der Waals surface area contributed by atoms with Gasteiger partial charge in [0.2, 0.25) is 10.9 Å². The zero-order valence-electron chi connectivity index (χ0n) is 19.8. The molecule has 0 bridgehead atoms. The summed E-state index contributed by atoms with van der Waals surface area (Å²) in [6, 6.07) is 17.4. The molecule has 0 spiro atoms. The van der Waals surface area contributed by atoms with E-state index in [1.54, 1.807) is 61.5 Å². The molecule has 1 amide bonds. The number of ketones is 1. The van der Waals surface area contributed by atoms with E-state index in [9.17, 15) is 19.1 Å². The number of carbonyl (C=O) groups is 2. The molecule has 3 aromatic heterocycles. The molecular weight excluding hydrogens is 529 g/mol. The van der Waals surface area contributed by atoms with Gasteiger partial charge in [0.15, 0.2) is 15.9 Å². The number of aromatic nitrogens is 2. The van der Waals surface area contributed by atoms with Gasteiger partial charge >= 0.3 is 0 Å². The summed E-state index contributed by atoms with van der Waals surface area (Å²) in [7, 11) is 0. The van der Waals surface area contributed by atoms with Crippen molar-refractivity contribution in [2.75, 3.05) is 4.90 Å². The zero-order chi connectivity index (χ0) is 26.4. The van der Waals surface area contributed by atoms with Crippen LogP contribution < -0.4 is 4.90 Å². The summed E-state index contributed by atoms with van der Waals surface area (Å²) in [5.74, 6) is -1.37. The minimum Gasteiger partial charge on any atom is -0.503 e. The van der Waals surface area contributed by atoms with Crippen molar-refractivity contribution >= 4 is 50.9 Å². The average Bonchev–Trinajstić information content (AvgIpc) is 3.70. The fourth-order valence-electron chi connectivity index (χ4n) is 4.24. The second-order valence-electron chi connectivity index (χ2n) is 8.50. The van der Waals surface area contributed by atoms with E-state index in [0.717, 1.165) is 11.3 Å². The first kappa shape index (κ1) is 24.1. The molecule has 1 N–H and O–H groups in total. The molecule has 4 heterocycles. The predicted molar refractivity (Wildman–Crippen MR) is 140 cm³/mol. The quantitative estimate of drug-likeness (QED) is 0.142. The molecule has 0 saturated carbocycles. The molecule has 8 nitrogen and oxygen atoms in total. The Balaban J connectivity index is 1.35. The molecule has 38 heavy (non-hydrogen) atoms. The third-order valence-corrected chi connectivity index (χ3v) is 8.15. The molecule has 1 aliphatic rings. The number of aliphatic hydroxyl groups is 1. The highest BCUT2D eigenvalue weighted by Gasteiger charge is 2.48. The van der Waals surface area contributed by atoms with Gasteiger partial charge in [0.1, 0.15) is 29.0 Å². The van der Waals surface area contributed by atoms with Crippen molar-refractivity contribution in [2.24, 2.45) is 0 Å². The van der Waals surface area contributed by atoms with E-state index < -0.39 is 23.5 Å². The van der Waals surface area contributed by atoms with Gasteiger partial charge in [-0.15, -0.1) is 10.2 Å². The molecule has 0 fully saturated rings. The molecule has 0 radical (unpaired) electrons. The van der Waals surface area contributed by atoms with E-state index in [2.05, 4.69) is 10.2 Å². The first-order chi connectivity index (χ1) is 18.4. The van der Waals surface area contributed by atoms with Crippen molar-refractivity contribution in [2.45, 2.75) is 23.1 Å². The summed E-state index contributed by atoms with van der Waals surface area (Å²) in [5, 5.41) is 20.1. The maximum Gasteiger partial charge on any atom is 0.296 e. The van der Waals surface area contributed by atoms with Gasteiger partial charge < -0.3 is 13.9 Å². The molecule has 0 aliphatic carbocycles. The monoisotopic (exact) mass is 547 g/mol. The number of rotatable bonds is 7. The first-order valence-corrected chi connectivity index (χ1v) is 13.3. The zero-order valence-corrected chi connectivity index (χ0v) is 21.4. The summed E-state index contributed by atoms with van der Waals surface area (Å²) in [6.07, 6.45) is 0. The lowest BCUT2D eigenvalue weighted by molar-refractivity contribution is -0.117. The Labute approximate surface area is 223 Å². The first-order valence-electron chi connectivity index (χ1n) is 11.5. The second kappa shape index (κ2) is 9.58. The van der Waals surface area contributed by atoms with Gasteiger partial charge in [-0.3, -0.25) is 14.5 Å². The highest BCUT2D eigenvalue weighted by molar-refractivity contribution is 8.00. The Kier molecular flexibility index (Phi) is 6.09. The van der Waals surface area contributed by atoms with Crippen LogP contribution in [0.4, 0.5) is 9.52 Å². The van der Waals surface area contributed by atoms with Crippen LogP contribution in [0.3, 0.4) is 0 Å². The minimum absolute atomic E-state index is 0.0194. The molecule has 2 aromatic carbocycles. The van der Waals surface area contributed by atoms with Crippen LogP contribution in [0.1, 0.15) is 33.7 Å². The van der Waals surface area contributed by atoms with E-state index in [1.807, 2.05) is 6.07 Å². The van der Waals surface area contributed by atoms with Crippen LogP contribution in [-0.4, -0.2) is 27.0 Å². The molecule has 190 valence electrons. The van der Waals surface area contributed by atoms with Gasteiger partial charge in [-0.25, -0.2) is 4.39 Å². The fraction of sp³-hybridized carbons (Fsp3) is 0.111. The van der Waals surface area contributed by atoms with Gasteiger partial charge in [0.05, 0.1) is 5.57 Å². The molecular formula is C27H18FN3O5S2. The summed E-state index contributed by atoms with van der Waals surface area (Å²) in [4.78, 5) is 28.1. The molecule has 1 aliphatic heterocycles. The molecule has 1 unspecified atom stereocenters. The number of nitrogens with zero attached hydrogens (tertiary/aromatic N) is 3. The molecule has 1 atom stereocenters. The Hall–Kier alpha value is -4.22. The molecule has 11 heteroatoms. The number of carbonyl (C=O) groups excluding carboxylic acids is 2. The minimum atomic E-state index is -1.09. The topological polar surface area (TPSA) is 110 Å². The standard InChI is InChI=1S/C27H18FN3O5S2/c1-14-10-11-19(35-14)22-21(23(32)20-12-15-6-3-5-9-18(15)36-20)24(33)25(34)31(22)26-29-30-27(38-26)37-13-16-7-2-4-8-17(16)28/h2-12,22,33H,13H2,1H3. The fourth-order valence-corrected chi connectivity index (χ4v) is 6.10. The second-order valence-corrected chi connectivity index (χ2v) is 10.7.